The minimum Gasteiger partial charge on any atom is -0.507 e. The van der Waals surface area contributed by atoms with Gasteiger partial charge in [-0.05, 0) is 67.4 Å². The Morgan fingerprint density at radius 2 is 1.77 bits per heavy atom. The number of ether oxygens (including phenoxy) is 1. The maximum absolute atomic E-state index is 13.3. The molecule has 3 aromatic rings. The minimum absolute atomic E-state index is 0.146. The van der Waals surface area contributed by atoms with Crippen molar-refractivity contribution in [2.45, 2.75) is 24.8 Å². The molecule has 1 aromatic heterocycles. The average molecular weight is 494 g/mol. The van der Waals surface area contributed by atoms with Crippen LogP contribution in [0.4, 0.5) is 5.69 Å². The Hall–Kier alpha value is -4.02. The lowest BCUT2D eigenvalue weighted by Crippen LogP contribution is -2.29. The monoisotopic (exact) mass is 493 g/mol. The van der Waals surface area contributed by atoms with Gasteiger partial charge in [0.15, 0.2) is 0 Å². The van der Waals surface area contributed by atoms with Crippen LogP contribution in [-0.2, 0) is 19.6 Å². The Labute approximate surface area is 202 Å². The number of carbonyl (C=O) groups is 2. The number of hydrogen-bond donors (Lipinski definition) is 2. The van der Waals surface area contributed by atoms with Crippen LogP contribution in [0.25, 0.3) is 5.76 Å². The number of sulfonamides is 1. The predicted molar refractivity (Wildman–Crippen MR) is 129 cm³/mol. The number of amides is 1. The topological polar surface area (TPSA) is 140 Å². The number of pyridine rings is 1. The first-order chi connectivity index (χ1) is 16.5. The molecule has 3 N–H and O–H groups in total. The number of Topliss-reactive ketones (excluding diaryl/α,β-unsaturated/α-hetero) is 1. The van der Waals surface area contributed by atoms with Gasteiger partial charge in [0, 0.05) is 11.9 Å². The van der Waals surface area contributed by atoms with Crippen molar-refractivity contribution in [1.29, 1.82) is 0 Å². The minimum atomic E-state index is -3.96. The third-order valence-electron chi connectivity index (χ3n) is 5.73. The van der Waals surface area contributed by atoms with Crippen molar-refractivity contribution in [2.75, 3.05) is 12.0 Å². The molecule has 2 aromatic carbocycles. The van der Waals surface area contributed by atoms with E-state index in [0.29, 0.717) is 11.4 Å². The van der Waals surface area contributed by atoms with Crippen molar-refractivity contribution < 1.29 is 27.9 Å². The Balaban J connectivity index is 1.97. The average Bonchev–Trinajstić information content (AvgIpc) is 3.08. The highest BCUT2D eigenvalue weighted by Crippen LogP contribution is 2.43. The smallest absolute Gasteiger partial charge is 0.300 e. The van der Waals surface area contributed by atoms with Crippen molar-refractivity contribution in [3.05, 3.63) is 88.8 Å². The van der Waals surface area contributed by atoms with Crippen molar-refractivity contribution in [3.63, 3.8) is 0 Å². The van der Waals surface area contributed by atoms with E-state index in [-0.39, 0.29) is 21.7 Å². The van der Waals surface area contributed by atoms with Crippen LogP contribution in [0.2, 0.25) is 0 Å². The third-order valence-corrected chi connectivity index (χ3v) is 6.66. The van der Waals surface area contributed by atoms with Gasteiger partial charge < -0.3 is 9.84 Å². The zero-order valence-electron chi connectivity index (χ0n) is 19.2. The summed E-state index contributed by atoms with van der Waals surface area (Å²) in [5.74, 6) is -1.83. The highest BCUT2D eigenvalue weighted by molar-refractivity contribution is 7.89. The van der Waals surface area contributed by atoms with Crippen LogP contribution < -0.4 is 14.8 Å². The fourth-order valence-corrected chi connectivity index (χ4v) is 4.77. The van der Waals surface area contributed by atoms with E-state index < -0.39 is 33.5 Å². The highest BCUT2D eigenvalue weighted by atomic mass is 32.2. The van der Waals surface area contributed by atoms with Crippen LogP contribution in [0.5, 0.6) is 5.75 Å². The second kappa shape index (κ2) is 8.97. The molecule has 1 unspecified atom stereocenters. The van der Waals surface area contributed by atoms with Gasteiger partial charge in [0.05, 0.1) is 28.8 Å². The van der Waals surface area contributed by atoms with Crippen molar-refractivity contribution >= 4 is 33.2 Å². The SMILES string of the molecule is COc1c(C)cc(C)cc1/C(O)=C1\C(=O)C(=O)N(c2ccc(S(N)(=O)=O)cc2)C1c1ccccn1. The number of benzene rings is 2. The summed E-state index contributed by atoms with van der Waals surface area (Å²) in [5.41, 5.74) is 2.26. The first kappa shape index (κ1) is 24.1. The van der Waals surface area contributed by atoms with Gasteiger partial charge in [0.1, 0.15) is 17.6 Å². The van der Waals surface area contributed by atoms with Crippen molar-refractivity contribution in [2.24, 2.45) is 5.14 Å². The molecule has 1 atom stereocenters. The van der Waals surface area contributed by atoms with Gasteiger partial charge in [-0.25, -0.2) is 13.6 Å². The van der Waals surface area contributed by atoms with E-state index in [2.05, 4.69) is 4.98 Å². The van der Waals surface area contributed by atoms with Crippen LogP contribution in [0, 0.1) is 13.8 Å². The van der Waals surface area contributed by atoms with Gasteiger partial charge in [0.25, 0.3) is 11.7 Å². The molecule has 0 spiro atoms. The second-order valence-corrected chi connectivity index (χ2v) is 9.69. The first-order valence-corrected chi connectivity index (χ1v) is 12.1. The Morgan fingerprint density at radius 1 is 1.09 bits per heavy atom. The van der Waals surface area contributed by atoms with Gasteiger partial charge in [0.2, 0.25) is 10.0 Å². The number of aromatic nitrogens is 1. The predicted octanol–water partition coefficient (Wildman–Crippen LogP) is 2.98. The van der Waals surface area contributed by atoms with Crippen molar-refractivity contribution in [1.82, 2.24) is 4.98 Å². The number of hydrogen-bond acceptors (Lipinski definition) is 7. The number of primary sulfonamides is 1. The number of aryl methyl sites for hydroxylation is 2. The molecule has 180 valence electrons. The standard InChI is InChI=1S/C25H23N3O6S/c1-14-12-15(2)24(34-3)18(13-14)22(29)20-21(19-6-4-5-11-27-19)28(25(31)23(20)30)16-7-9-17(10-8-16)35(26,32)33/h4-13,21,29H,1-3H3,(H2,26,32,33)/b22-20+. The first-order valence-electron chi connectivity index (χ1n) is 10.5. The maximum atomic E-state index is 13.3. The molecule has 1 aliphatic heterocycles. The van der Waals surface area contributed by atoms with Gasteiger partial charge >= 0.3 is 0 Å². The van der Waals surface area contributed by atoms with Gasteiger partial charge in [-0.3, -0.25) is 19.5 Å². The van der Waals surface area contributed by atoms with Crippen LogP contribution in [-0.4, -0.2) is 37.3 Å². The summed E-state index contributed by atoms with van der Waals surface area (Å²) in [4.78, 5) is 31.9. The summed E-state index contributed by atoms with van der Waals surface area (Å²) in [6.07, 6.45) is 1.51. The van der Waals surface area contributed by atoms with Crippen LogP contribution >= 0.6 is 0 Å². The number of nitrogens with zero attached hydrogens (tertiary/aromatic N) is 2. The molecule has 1 aliphatic rings. The molecule has 1 amide bonds. The maximum Gasteiger partial charge on any atom is 0.300 e. The van der Waals surface area contributed by atoms with E-state index >= 15 is 0 Å². The molecule has 35 heavy (non-hydrogen) atoms. The summed E-state index contributed by atoms with van der Waals surface area (Å²) < 4.78 is 28.8. The van der Waals surface area contributed by atoms with Crippen LogP contribution in [0.15, 0.2) is 71.3 Å². The Morgan fingerprint density at radius 3 is 2.34 bits per heavy atom. The fraction of sp³-hybridized carbons (Fsp3) is 0.160. The van der Waals surface area contributed by atoms with Gasteiger partial charge in [-0.15, -0.1) is 0 Å². The number of carbonyl (C=O) groups excluding carboxylic acids is 2. The Kier molecular flexibility index (Phi) is 6.18. The number of nitrogens with two attached hydrogens (primary N) is 1. The lowest BCUT2D eigenvalue weighted by molar-refractivity contribution is -0.132. The van der Waals surface area contributed by atoms with E-state index in [0.717, 1.165) is 11.1 Å². The molecule has 10 heteroatoms. The lowest BCUT2D eigenvalue weighted by atomic mass is 9.95. The number of methoxy groups -OCH3 is 1. The number of aliphatic hydroxyl groups is 1. The quantitative estimate of drug-likeness (QED) is 0.316. The number of anilines is 1. The number of ketones is 1. The van der Waals surface area contributed by atoms with E-state index in [9.17, 15) is 23.1 Å². The number of aliphatic hydroxyl groups excluding tert-OH is 1. The third kappa shape index (κ3) is 4.29. The molecular weight excluding hydrogens is 470 g/mol. The zero-order chi connectivity index (χ0) is 25.5. The lowest BCUT2D eigenvalue weighted by Gasteiger charge is -2.25. The van der Waals surface area contributed by atoms with E-state index in [1.807, 2.05) is 19.9 Å². The molecule has 4 rings (SSSR count). The molecule has 9 nitrogen and oxygen atoms in total. The summed E-state index contributed by atoms with van der Waals surface area (Å²) in [6.45, 7) is 3.65. The molecule has 0 radical (unpaired) electrons. The molecule has 2 heterocycles. The van der Waals surface area contributed by atoms with Gasteiger partial charge in [-0.1, -0.05) is 12.1 Å². The molecule has 0 aliphatic carbocycles. The van der Waals surface area contributed by atoms with Gasteiger partial charge in [-0.2, -0.15) is 0 Å². The molecule has 0 saturated carbocycles. The van der Waals surface area contributed by atoms with Crippen molar-refractivity contribution in [3.8, 4) is 5.75 Å². The molecule has 0 bridgehead atoms. The number of rotatable bonds is 5. The second-order valence-electron chi connectivity index (χ2n) is 8.13. The molecule has 1 saturated heterocycles. The normalized spacial score (nSPS) is 17.6. The van der Waals surface area contributed by atoms with E-state index in [1.54, 1.807) is 24.3 Å². The summed E-state index contributed by atoms with van der Waals surface area (Å²) in [7, 11) is -2.50. The summed E-state index contributed by atoms with van der Waals surface area (Å²) in [6, 6.07) is 12.7. The molecule has 1 fully saturated rings. The highest BCUT2D eigenvalue weighted by Gasteiger charge is 2.48. The van der Waals surface area contributed by atoms with Crippen LogP contribution in [0.3, 0.4) is 0 Å². The van der Waals surface area contributed by atoms with E-state index in [4.69, 9.17) is 9.88 Å². The Bertz CT molecular complexity index is 1470. The zero-order valence-corrected chi connectivity index (χ0v) is 20.0. The summed E-state index contributed by atoms with van der Waals surface area (Å²) >= 11 is 0. The van der Waals surface area contributed by atoms with Crippen LogP contribution in [0.1, 0.15) is 28.4 Å². The molecular formula is C25H23N3O6S. The van der Waals surface area contributed by atoms with E-state index in [1.165, 1.54) is 42.5 Å². The largest absolute Gasteiger partial charge is 0.507 e. The summed E-state index contributed by atoms with van der Waals surface area (Å²) in [5, 5.41) is 16.6. The fourth-order valence-electron chi connectivity index (χ4n) is 4.26.